The second kappa shape index (κ2) is 7.91. The van der Waals surface area contributed by atoms with Gasteiger partial charge in [-0.1, -0.05) is 38.0 Å². The predicted octanol–water partition coefficient (Wildman–Crippen LogP) is 3.65. The number of unbranched alkanes of at least 4 members (excludes halogenated alkanes) is 2. The van der Waals surface area contributed by atoms with Crippen molar-refractivity contribution in [1.82, 2.24) is 0 Å². The smallest absolute Gasteiger partial charge is 0.118 e. The minimum atomic E-state index is 0.198. The fourth-order valence-corrected chi connectivity index (χ4v) is 1.77. The van der Waals surface area contributed by atoms with Gasteiger partial charge in [-0.15, -0.1) is 0 Å². The molecule has 0 saturated carbocycles. The Bertz CT molecular complexity index is 338. The van der Waals surface area contributed by atoms with Crippen LogP contribution in [0.2, 0.25) is 0 Å². The van der Waals surface area contributed by atoms with Crippen molar-refractivity contribution in [1.29, 1.82) is 0 Å². The summed E-state index contributed by atoms with van der Waals surface area (Å²) in [5.74, 6) is 0.866. The average molecular weight is 234 g/mol. The summed E-state index contributed by atoms with van der Waals surface area (Å²) < 4.78 is 5.14. The third-order valence-corrected chi connectivity index (χ3v) is 2.79. The Labute approximate surface area is 104 Å². The van der Waals surface area contributed by atoms with E-state index in [4.69, 9.17) is 9.84 Å². The van der Waals surface area contributed by atoms with Crippen molar-refractivity contribution < 1.29 is 9.84 Å². The molecule has 0 aromatic heterocycles. The van der Waals surface area contributed by atoms with Gasteiger partial charge < -0.3 is 9.84 Å². The average Bonchev–Trinajstić information content (AvgIpc) is 2.38. The summed E-state index contributed by atoms with van der Waals surface area (Å²) in [6.07, 6.45) is 6.44. The molecule has 0 aliphatic rings. The van der Waals surface area contributed by atoms with E-state index >= 15 is 0 Å². The Balaban J connectivity index is 2.77. The number of hydrogen-bond donors (Lipinski definition) is 1. The highest BCUT2D eigenvalue weighted by atomic mass is 16.5. The maximum atomic E-state index is 9.09. The Kier molecular flexibility index (Phi) is 6.41. The van der Waals surface area contributed by atoms with E-state index in [2.05, 4.69) is 13.0 Å². The summed E-state index contributed by atoms with van der Waals surface area (Å²) in [5, 5.41) is 9.09. The van der Waals surface area contributed by atoms with Crippen LogP contribution in [0.3, 0.4) is 0 Å². The number of hydrogen-bond acceptors (Lipinski definition) is 2. The molecule has 0 unspecified atom stereocenters. The van der Waals surface area contributed by atoms with Gasteiger partial charge in [0.25, 0.3) is 0 Å². The molecule has 0 radical (unpaired) electrons. The maximum absolute atomic E-state index is 9.09. The minimum absolute atomic E-state index is 0.198. The molecule has 0 atom stereocenters. The molecule has 0 amide bonds. The molecule has 17 heavy (non-hydrogen) atoms. The van der Waals surface area contributed by atoms with Gasteiger partial charge in [0.1, 0.15) is 5.75 Å². The molecule has 1 N–H and O–H groups in total. The van der Waals surface area contributed by atoms with Crippen LogP contribution in [0.1, 0.15) is 38.2 Å². The Hall–Kier alpha value is -1.28. The SMILES string of the molecule is CCCC/C=C(/CCO)c1ccc(OC)cc1. The lowest BCUT2D eigenvalue weighted by Crippen LogP contribution is -1.90. The molecule has 1 aromatic carbocycles. The van der Waals surface area contributed by atoms with Crippen molar-refractivity contribution in [2.75, 3.05) is 13.7 Å². The molecule has 0 heterocycles. The third-order valence-electron chi connectivity index (χ3n) is 2.79. The van der Waals surface area contributed by atoms with Crippen LogP contribution in [0.15, 0.2) is 30.3 Å². The zero-order valence-electron chi connectivity index (χ0n) is 10.8. The summed E-state index contributed by atoms with van der Waals surface area (Å²) >= 11 is 0. The molecule has 1 aromatic rings. The molecule has 0 saturated heterocycles. The molecule has 1 rings (SSSR count). The Morgan fingerprint density at radius 3 is 2.53 bits per heavy atom. The zero-order valence-corrected chi connectivity index (χ0v) is 10.8. The molecule has 0 fully saturated rings. The van der Waals surface area contributed by atoms with E-state index < -0.39 is 0 Å². The lowest BCUT2D eigenvalue weighted by molar-refractivity contribution is 0.305. The van der Waals surface area contributed by atoms with E-state index in [1.165, 1.54) is 24.0 Å². The highest BCUT2D eigenvalue weighted by molar-refractivity contribution is 5.66. The van der Waals surface area contributed by atoms with Crippen LogP contribution < -0.4 is 4.74 Å². The van der Waals surface area contributed by atoms with Crippen LogP contribution >= 0.6 is 0 Å². The topological polar surface area (TPSA) is 29.5 Å². The normalized spacial score (nSPS) is 11.6. The molecule has 2 nitrogen and oxygen atoms in total. The summed E-state index contributed by atoms with van der Waals surface area (Å²) in [6.45, 7) is 2.39. The maximum Gasteiger partial charge on any atom is 0.118 e. The first kappa shape index (κ1) is 13.8. The molecule has 0 aliphatic carbocycles. The van der Waals surface area contributed by atoms with Gasteiger partial charge in [-0.25, -0.2) is 0 Å². The van der Waals surface area contributed by atoms with Crippen LogP contribution in [0, 0.1) is 0 Å². The van der Waals surface area contributed by atoms with E-state index in [0.29, 0.717) is 0 Å². The van der Waals surface area contributed by atoms with Gasteiger partial charge in [0.05, 0.1) is 7.11 Å². The number of aliphatic hydroxyl groups is 1. The van der Waals surface area contributed by atoms with Gasteiger partial charge in [0, 0.05) is 6.61 Å². The molecule has 94 valence electrons. The number of benzene rings is 1. The second-order valence-electron chi connectivity index (χ2n) is 4.07. The van der Waals surface area contributed by atoms with Crippen molar-refractivity contribution in [3.8, 4) is 5.75 Å². The van der Waals surface area contributed by atoms with Crippen molar-refractivity contribution in [3.05, 3.63) is 35.9 Å². The van der Waals surface area contributed by atoms with Gasteiger partial charge in [0.15, 0.2) is 0 Å². The highest BCUT2D eigenvalue weighted by Crippen LogP contribution is 2.22. The van der Waals surface area contributed by atoms with Gasteiger partial charge in [-0.2, -0.15) is 0 Å². The third kappa shape index (κ3) is 4.61. The van der Waals surface area contributed by atoms with Gasteiger partial charge in [-0.3, -0.25) is 0 Å². The molecular weight excluding hydrogens is 212 g/mol. The standard InChI is InChI=1S/C15H22O2/c1-3-4-5-6-13(11-12-16)14-7-9-15(17-2)10-8-14/h6-10,16H,3-5,11-12H2,1-2H3/b13-6-. The first-order chi connectivity index (χ1) is 8.31. The van der Waals surface area contributed by atoms with Crippen LogP contribution in [0.4, 0.5) is 0 Å². The second-order valence-corrected chi connectivity index (χ2v) is 4.07. The summed E-state index contributed by atoms with van der Waals surface area (Å²) in [5.41, 5.74) is 2.40. The number of aliphatic hydroxyl groups excluding tert-OH is 1. The molecule has 0 bridgehead atoms. The summed E-state index contributed by atoms with van der Waals surface area (Å²) in [4.78, 5) is 0. The van der Waals surface area contributed by atoms with Crippen LogP contribution in [0.5, 0.6) is 5.75 Å². The highest BCUT2D eigenvalue weighted by Gasteiger charge is 2.01. The summed E-state index contributed by atoms with van der Waals surface area (Å²) in [7, 11) is 1.67. The monoisotopic (exact) mass is 234 g/mol. The summed E-state index contributed by atoms with van der Waals surface area (Å²) in [6, 6.07) is 8.01. The van der Waals surface area contributed by atoms with Crippen molar-refractivity contribution in [2.45, 2.75) is 32.6 Å². The van der Waals surface area contributed by atoms with E-state index in [1.807, 2.05) is 24.3 Å². The largest absolute Gasteiger partial charge is 0.497 e. The first-order valence-electron chi connectivity index (χ1n) is 6.26. The Morgan fingerprint density at radius 2 is 2.00 bits per heavy atom. The molecule has 0 spiro atoms. The fourth-order valence-electron chi connectivity index (χ4n) is 1.77. The van der Waals surface area contributed by atoms with Crippen LogP contribution in [-0.2, 0) is 0 Å². The van der Waals surface area contributed by atoms with E-state index in [9.17, 15) is 0 Å². The number of allylic oxidation sites excluding steroid dienone is 1. The Morgan fingerprint density at radius 1 is 1.29 bits per heavy atom. The predicted molar refractivity (Wildman–Crippen MR) is 72.2 cm³/mol. The number of methoxy groups -OCH3 is 1. The lowest BCUT2D eigenvalue weighted by Gasteiger charge is -2.07. The number of ether oxygens (including phenoxy) is 1. The van der Waals surface area contributed by atoms with Gasteiger partial charge >= 0.3 is 0 Å². The minimum Gasteiger partial charge on any atom is -0.497 e. The quantitative estimate of drug-likeness (QED) is 0.730. The molecular formula is C15H22O2. The van der Waals surface area contributed by atoms with E-state index in [-0.39, 0.29) is 6.61 Å². The van der Waals surface area contributed by atoms with Crippen LogP contribution in [0.25, 0.3) is 5.57 Å². The molecule has 2 heteroatoms. The molecule has 0 aliphatic heterocycles. The van der Waals surface area contributed by atoms with Crippen molar-refractivity contribution >= 4 is 5.57 Å². The van der Waals surface area contributed by atoms with Crippen molar-refractivity contribution in [2.24, 2.45) is 0 Å². The first-order valence-corrected chi connectivity index (χ1v) is 6.26. The fraction of sp³-hybridized carbons (Fsp3) is 0.467. The lowest BCUT2D eigenvalue weighted by atomic mass is 10.0. The van der Waals surface area contributed by atoms with Crippen LogP contribution in [-0.4, -0.2) is 18.8 Å². The van der Waals surface area contributed by atoms with E-state index in [1.54, 1.807) is 7.11 Å². The number of rotatable bonds is 7. The zero-order chi connectivity index (χ0) is 12.5. The van der Waals surface area contributed by atoms with Gasteiger partial charge in [0.2, 0.25) is 0 Å². The van der Waals surface area contributed by atoms with Crippen molar-refractivity contribution in [3.63, 3.8) is 0 Å². The van der Waals surface area contributed by atoms with E-state index in [0.717, 1.165) is 18.6 Å². The van der Waals surface area contributed by atoms with Gasteiger partial charge in [-0.05, 0) is 36.1 Å².